The van der Waals surface area contributed by atoms with E-state index in [1.807, 2.05) is 6.08 Å². The lowest BCUT2D eigenvalue weighted by Gasteiger charge is -2.22. The molecule has 0 aromatic heterocycles. The smallest absolute Gasteiger partial charge is 0.0598 e. The summed E-state index contributed by atoms with van der Waals surface area (Å²) in [5, 5.41) is 0. The molecule has 1 heteroatoms. The summed E-state index contributed by atoms with van der Waals surface area (Å²) in [6.07, 6.45) is 8.47. The minimum Gasteiger partial charge on any atom is -0.378 e. The van der Waals surface area contributed by atoms with Crippen molar-refractivity contribution in [3.05, 3.63) is 12.7 Å². The van der Waals surface area contributed by atoms with Gasteiger partial charge in [-0.2, -0.15) is 0 Å². The van der Waals surface area contributed by atoms with Gasteiger partial charge in [-0.15, -0.1) is 6.58 Å². The first-order valence-electron chi connectivity index (χ1n) is 6.80. The van der Waals surface area contributed by atoms with Gasteiger partial charge in [0.15, 0.2) is 0 Å². The molecule has 1 atom stereocenters. The molecule has 0 heterocycles. The fourth-order valence-electron chi connectivity index (χ4n) is 1.70. The van der Waals surface area contributed by atoms with Crippen LogP contribution in [0.3, 0.4) is 0 Å². The molecule has 16 heavy (non-hydrogen) atoms. The zero-order valence-electron chi connectivity index (χ0n) is 11.7. The molecule has 0 aromatic carbocycles. The summed E-state index contributed by atoms with van der Waals surface area (Å²) in [4.78, 5) is 0. The molecule has 96 valence electrons. The fourth-order valence-corrected chi connectivity index (χ4v) is 1.70. The minimum absolute atomic E-state index is 0.448. The van der Waals surface area contributed by atoms with Crippen molar-refractivity contribution >= 4 is 0 Å². The van der Waals surface area contributed by atoms with Gasteiger partial charge in [0.05, 0.1) is 6.10 Å². The van der Waals surface area contributed by atoms with Crippen LogP contribution in [-0.2, 0) is 4.74 Å². The molecular formula is C15H30O. The Hall–Kier alpha value is -0.300. The predicted molar refractivity (Wildman–Crippen MR) is 72.7 cm³/mol. The van der Waals surface area contributed by atoms with E-state index in [0.29, 0.717) is 12.0 Å². The number of ether oxygens (including phenoxy) is 1. The van der Waals surface area contributed by atoms with Crippen molar-refractivity contribution in [3.8, 4) is 0 Å². The first kappa shape index (κ1) is 15.7. The fraction of sp³-hybridized carbons (Fsp3) is 0.867. The van der Waals surface area contributed by atoms with Crippen LogP contribution in [0.15, 0.2) is 12.7 Å². The maximum atomic E-state index is 5.97. The molecule has 0 saturated heterocycles. The van der Waals surface area contributed by atoms with Gasteiger partial charge in [-0.25, -0.2) is 0 Å². The molecule has 0 aromatic rings. The van der Waals surface area contributed by atoms with Gasteiger partial charge in [0, 0.05) is 6.61 Å². The van der Waals surface area contributed by atoms with Crippen molar-refractivity contribution in [2.24, 2.45) is 11.8 Å². The van der Waals surface area contributed by atoms with E-state index in [1.165, 1.54) is 25.7 Å². The number of unbranched alkanes of at least 4 members (excludes halogenated alkanes) is 2. The van der Waals surface area contributed by atoms with E-state index >= 15 is 0 Å². The van der Waals surface area contributed by atoms with Crippen molar-refractivity contribution in [3.63, 3.8) is 0 Å². The molecule has 0 aliphatic heterocycles. The molecule has 0 radical (unpaired) electrons. The zero-order valence-corrected chi connectivity index (χ0v) is 11.7. The molecule has 0 N–H and O–H groups in total. The molecule has 1 unspecified atom stereocenters. The largest absolute Gasteiger partial charge is 0.378 e. The van der Waals surface area contributed by atoms with E-state index < -0.39 is 0 Å². The molecule has 0 bridgehead atoms. The summed E-state index contributed by atoms with van der Waals surface area (Å²) in [5.41, 5.74) is 0. The lowest BCUT2D eigenvalue weighted by molar-refractivity contribution is 0.0102. The number of hydrogen-bond acceptors (Lipinski definition) is 1. The standard InChI is InChI=1S/C15H30O/c1-6-7-8-9-10-15(14(4)5)16-12-11-13(2)3/h6,13-15H,1,7-12H2,2-5H3. The highest BCUT2D eigenvalue weighted by Gasteiger charge is 2.13. The van der Waals surface area contributed by atoms with Gasteiger partial charge in [-0.05, 0) is 37.5 Å². The van der Waals surface area contributed by atoms with E-state index in [9.17, 15) is 0 Å². The van der Waals surface area contributed by atoms with Crippen molar-refractivity contribution < 1.29 is 4.74 Å². The van der Waals surface area contributed by atoms with Crippen molar-refractivity contribution in [2.45, 2.75) is 65.9 Å². The first-order valence-corrected chi connectivity index (χ1v) is 6.80. The predicted octanol–water partition coefficient (Wildman–Crippen LogP) is 4.82. The third kappa shape index (κ3) is 8.96. The lowest BCUT2D eigenvalue weighted by atomic mass is 10.0. The second-order valence-electron chi connectivity index (χ2n) is 5.41. The molecule has 0 saturated carbocycles. The maximum Gasteiger partial charge on any atom is 0.0598 e. The number of allylic oxidation sites excluding steroid dienone is 1. The zero-order chi connectivity index (χ0) is 12.4. The van der Waals surface area contributed by atoms with Crippen molar-refractivity contribution in [1.82, 2.24) is 0 Å². The summed E-state index contributed by atoms with van der Waals surface area (Å²) in [7, 11) is 0. The van der Waals surface area contributed by atoms with E-state index in [4.69, 9.17) is 4.74 Å². The van der Waals surface area contributed by atoms with E-state index in [1.54, 1.807) is 0 Å². The lowest BCUT2D eigenvalue weighted by Crippen LogP contribution is -2.21. The summed E-state index contributed by atoms with van der Waals surface area (Å²) < 4.78 is 5.97. The molecule has 1 nitrogen and oxygen atoms in total. The minimum atomic E-state index is 0.448. The van der Waals surface area contributed by atoms with E-state index in [0.717, 1.165) is 18.9 Å². The van der Waals surface area contributed by atoms with Crippen LogP contribution in [0.25, 0.3) is 0 Å². The van der Waals surface area contributed by atoms with Gasteiger partial charge in [0.1, 0.15) is 0 Å². The quantitative estimate of drug-likeness (QED) is 0.383. The molecule has 0 amide bonds. The van der Waals surface area contributed by atoms with Gasteiger partial charge in [-0.3, -0.25) is 0 Å². The Morgan fingerprint density at radius 3 is 2.25 bits per heavy atom. The molecular weight excluding hydrogens is 196 g/mol. The Kier molecular flexibility index (Phi) is 9.71. The third-order valence-corrected chi connectivity index (χ3v) is 2.92. The van der Waals surface area contributed by atoms with Crippen LogP contribution in [0.5, 0.6) is 0 Å². The summed E-state index contributed by atoms with van der Waals surface area (Å²) >= 11 is 0. The average molecular weight is 226 g/mol. The third-order valence-electron chi connectivity index (χ3n) is 2.92. The topological polar surface area (TPSA) is 9.23 Å². The van der Waals surface area contributed by atoms with Crippen LogP contribution >= 0.6 is 0 Å². The Bertz CT molecular complexity index is 161. The van der Waals surface area contributed by atoms with Crippen molar-refractivity contribution in [2.75, 3.05) is 6.61 Å². The Balaban J connectivity index is 3.66. The second kappa shape index (κ2) is 9.89. The summed E-state index contributed by atoms with van der Waals surface area (Å²) in [6.45, 7) is 13.7. The Morgan fingerprint density at radius 1 is 1.06 bits per heavy atom. The van der Waals surface area contributed by atoms with Crippen LogP contribution in [-0.4, -0.2) is 12.7 Å². The van der Waals surface area contributed by atoms with Crippen LogP contribution in [0, 0.1) is 11.8 Å². The van der Waals surface area contributed by atoms with Crippen LogP contribution < -0.4 is 0 Å². The highest BCUT2D eigenvalue weighted by molar-refractivity contribution is 4.68. The molecule has 0 fully saturated rings. The van der Waals surface area contributed by atoms with Crippen LogP contribution in [0.4, 0.5) is 0 Å². The number of rotatable bonds is 10. The monoisotopic (exact) mass is 226 g/mol. The highest BCUT2D eigenvalue weighted by Crippen LogP contribution is 2.16. The Labute approximate surface area is 102 Å². The molecule has 0 aliphatic rings. The van der Waals surface area contributed by atoms with Gasteiger partial charge < -0.3 is 4.74 Å². The van der Waals surface area contributed by atoms with Gasteiger partial charge in [0.2, 0.25) is 0 Å². The SMILES string of the molecule is C=CCCCCC(OCCC(C)C)C(C)C. The van der Waals surface area contributed by atoms with Gasteiger partial charge in [0.25, 0.3) is 0 Å². The van der Waals surface area contributed by atoms with Gasteiger partial charge in [-0.1, -0.05) is 40.2 Å². The van der Waals surface area contributed by atoms with Crippen LogP contribution in [0.1, 0.15) is 59.8 Å². The highest BCUT2D eigenvalue weighted by atomic mass is 16.5. The van der Waals surface area contributed by atoms with Crippen molar-refractivity contribution in [1.29, 1.82) is 0 Å². The van der Waals surface area contributed by atoms with E-state index in [-0.39, 0.29) is 0 Å². The second-order valence-corrected chi connectivity index (χ2v) is 5.41. The van der Waals surface area contributed by atoms with Crippen LogP contribution in [0.2, 0.25) is 0 Å². The summed E-state index contributed by atoms with van der Waals surface area (Å²) in [5.74, 6) is 1.38. The summed E-state index contributed by atoms with van der Waals surface area (Å²) in [6, 6.07) is 0. The maximum absolute atomic E-state index is 5.97. The first-order chi connectivity index (χ1) is 7.57. The molecule has 0 rings (SSSR count). The Morgan fingerprint density at radius 2 is 1.75 bits per heavy atom. The van der Waals surface area contributed by atoms with Gasteiger partial charge >= 0.3 is 0 Å². The number of hydrogen-bond donors (Lipinski definition) is 0. The molecule has 0 aliphatic carbocycles. The average Bonchev–Trinajstić information content (AvgIpc) is 2.20. The molecule has 0 spiro atoms. The van der Waals surface area contributed by atoms with E-state index in [2.05, 4.69) is 34.3 Å². The normalized spacial score (nSPS) is 13.4.